The molecule has 47 heavy (non-hydrogen) atoms. The van der Waals surface area contributed by atoms with Crippen LogP contribution in [-0.2, 0) is 0 Å². The summed E-state index contributed by atoms with van der Waals surface area (Å²) in [6.45, 7) is 0. The van der Waals surface area contributed by atoms with Gasteiger partial charge in [0.05, 0.1) is 0 Å². The van der Waals surface area contributed by atoms with Crippen LogP contribution in [0.5, 0.6) is 0 Å². The Morgan fingerprint density at radius 3 is 1.40 bits per heavy atom. The quantitative estimate of drug-likeness (QED) is 0.188. The van der Waals surface area contributed by atoms with Gasteiger partial charge in [0.1, 0.15) is 22.3 Å². The van der Waals surface area contributed by atoms with Crippen molar-refractivity contribution in [3.63, 3.8) is 0 Å². The van der Waals surface area contributed by atoms with Crippen LogP contribution >= 0.6 is 0 Å². The molecule has 0 aliphatic carbocycles. The largest absolute Gasteiger partial charge is 0.456 e. The summed E-state index contributed by atoms with van der Waals surface area (Å²) in [5.74, 6) is 0. The van der Waals surface area contributed by atoms with Gasteiger partial charge in [-0.15, -0.1) is 0 Å². The number of furan rings is 2. The topological polar surface area (TPSA) is 29.5 Å². The minimum atomic E-state index is 0.859. The monoisotopic (exact) mass is 601 g/mol. The van der Waals surface area contributed by atoms with Gasteiger partial charge in [0.25, 0.3) is 0 Å². The van der Waals surface area contributed by atoms with E-state index in [1.807, 2.05) is 24.3 Å². The third-order valence-corrected chi connectivity index (χ3v) is 9.43. The van der Waals surface area contributed by atoms with Crippen molar-refractivity contribution in [1.82, 2.24) is 0 Å². The van der Waals surface area contributed by atoms with E-state index in [4.69, 9.17) is 8.83 Å². The van der Waals surface area contributed by atoms with Gasteiger partial charge in [-0.2, -0.15) is 0 Å². The molecule has 0 spiro atoms. The highest BCUT2D eigenvalue weighted by molar-refractivity contribution is 6.11. The number of para-hydroxylation sites is 2. The van der Waals surface area contributed by atoms with Crippen LogP contribution < -0.4 is 4.90 Å². The lowest BCUT2D eigenvalue weighted by atomic mass is 9.96. The van der Waals surface area contributed by atoms with Crippen LogP contribution in [0.1, 0.15) is 0 Å². The van der Waals surface area contributed by atoms with E-state index in [1.54, 1.807) is 0 Å². The van der Waals surface area contributed by atoms with Crippen LogP contribution in [0.2, 0.25) is 0 Å². The highest BCUT2D eigenvalue weighted by Crippen LogP contribution is 2.42. The van der Waals surface area contributed by atoms with Crippen molar-refractivity contribution >= 4 is 82.5 Å². The van der Waals surface area contributed by atoms with E-state index >= 15 is 0 Å². The Morgan fingerprint density at radius 1 is 0.298 bits per heavy atom. The second-order valence-electron chi connectivity index (χ2n) is 12.2. The molecule has 3 heteroatoms. The first-order chi connectivity index (χ1) is 23.3. The molecule has 10 rings (SSSR count). The maximum Gasteiger partial charge on any atom is 0.137 e. The van der Waals surface area contributed by atoms with Crippen LogP contribution in [0.3, 0.4) is 0 Å². The van der Waals surface area contributed by atoms with Crippen molar-refractivity contribution in [2.24, 2.45) is 0 Å². The molecule has 0 fully saturated rings. The first-order valence-electron chi connectivity index (χ1n) is 15.9. The van der Waals surface area contributed by atoms with Crippen molar-refractivity contribution < 1.29 is 8.83 Å². The fourth-order valence-corrected chi connectivity index (χ4v) is 7.14. The van der Waals surface area contributed by atoms with Gasteiger partial charge in [-0.05, 0) is 87.3 Å². The van der Waals surface area contributed by atoms with Gasteiger partial charge >= 0.3 is 0 Å². The van der Waals surface area contributed by atoms with E-state index in [1.165, 1.54) is 32.7 Å². The summed E-state index contributed by atoms with van der Waals surface area (Å²) in [5.41, 5.74) is 8.99. The van der Waals surface area contributed by atoms with Crippen LogP contribution in [-0.4, -0.2) is 0 Å². The van der Waals surface area contributed by atoms with Gasteiger partial charge in [0.2, 0.25) is 0 Å². The molecule has 0 aliphatic rings. The average Bonchev–Trinajstić information content (AvgIpc) is 3.69. The Hall–Kier alpha value is -6.32. The Kier molecular flexibility index (Phi) is 5.57. The SMILES string of the molecule is c1ccc(-c2ccc3ccc4ccc(N(c5ccc6c(c5)oc5ccccc56)c5ccc6c(c5)oc5ccccc56)cc4c3c2)cc1. The molecule has 2 aromatic heterocycles. The lowest BCUT2D eigenvalue weighted by Gasteiger charge is -2.26. The van der Waals surface area contributed by atoms with Crippen molar-refractivity contribution in [3.05, 3.63) is 164 Å². The minimum Gasteiger partial charge on any atom is -0.456 e. The molecule has 0 unspecified atom stereocenters. The summed E-state index contributed by atoms with van der Waals surface area (Å²) in [5, 5.41) is 9.31. The summed E-state index contributed by atoms with van der Waals surface area (Å²) in [6.07, 6.45) is 0. The van der Waals surface area contributed by atoms with Crippen LogP contribution in [0.15, 0.2) is 173 Å². The van der Waals surface area contributed by atoms with Crippen LogP contribution in [0, 0.1) is 0 Å². The summed E-state index contributed by atoms with van der Waals surface area (Å²) in [4.78, 5) is 2.30. The molecule has 0 N–H and O–H groups in total. The molecular formula is C44H27NO2. The zero-order valence-electron chi connectivity index (χ0n) is 25.4. The molecule has 0 amide bonds. The third-order valence-electron chi connectivity index (χ3n) is 9.43. The minimum absolute atomic E-state index is 0.859. The van der Waals surface area contributed by atoms with E-state index in [0.29, 0.717) is 0 Å². The molecule has 3 nitrogen and oxygen atoms in total. The maximum absolute atomic E-state index is 6.36. The van der Waals surface area contributed by atoms with Gasteiger partial charge in [0.15, 0.2) is 0 Å². The molecule has 8 aromatic carbocycles. The molecule has 0 saturated carbocycles. The van der Waals surface area contributed by atoms with E-state index in [-0.39, 0.29) is 0 Å². The number of hydrogen-bond acceptors (Lipinski definition) is 3. The van der Waals surface area contributed by atoms with E-state index < -0.39 is 0 Å². The Balaban J connectivity index is 1.21. The second kappa shape index (κ2) is 10.1. The van der Waals surface area contributed by atoms with Crippen molar-refractivity contribution in [2.45, 2.75) is 0 Å². The van der Waals surface area contributed by atoms with Crippen molar-refractivity contribution in [3.8, 4) is 11.1 Å². The third kappa shape index (κ3) is 4.14. The smallest absolute Gasteiger partial charge is 0.137 e. The summed E-state index contributed by atoms with van der Waals surface area (Å²) >= 11 is 0. The van der Waals surface area contributed by atoms with E-state index in [2.05, 4.69) is 144 Å². The molecule has 2 heterocycles. The average molecular weight is 602 g/mol. The van der Waals surface area contributed by atoms with Gasteiger partial charge < -0.3 is 13.7 Å². The maximum atomic E-state index is 6.36. The summed E-state index contributed by atoms with van der Waals surface area (Å²) < 4.78 is 12.7. The summed E-state index contributed by atoms with van der Waals surface area (Å²) in [7, 11) is 0. The normalized spacial score (nSPS) is 11.8. The Morgan fingerprint density at radius 2 is 0.766 bits per heavy atom. The molecule has 10 aromatic rings. The number of fused-ring (bicyclic) bond motifs is 9. The Bertz CT molecular complexity index is 2690. The predicted molar refractivity (Wildman–Crippen MR) is 196 cm³/mol. The van der Waals surface area contributed by atoms with Gasteiger partial charge in [-0.25, -0.2) is 0 Å². The number of nitrogens with zero attached hydrogens (tertiary/aromatic N) is 1. The van der Waals surface area contributed by atoms with Crippen molar-refractivity contribution in [1.29, 1.82) is 0 Å². The van der Waals surface area contributed by atoms with Gasteiger partial charge in [0, 0.05) is 50.7 Å². The highest BCUT2D eigenvalue weighted by Gasteiger charge is 2.18. The van der Waals surface area contributed by atoms with Crippen molar-refractivity contribution in [2.75, 3.05) is 4.90 Å². The zero-order valence-corrected chi connectivity index (χ0v) is 25.4. The molecule has 220 valence electrons. The summed E-state index contributed by atoms with van der Waals surface area (Å²) in [6, 6.07) is 58.0. The van der Waals surface area contributed by atoms with Gasteiger partial charge in [-0.1, -0.05) is 97.1 Å². The molecule has 0 saturated heterocycles. The first kappa shape index (κ1) is 26.0. The van der Waals surface area contributed by atoms with Crippen LogP contribution in [0.25, 0.3) is 76.5 Å². The van der Waals surface area contributed by atoms with E-state index in [9.17, 15) is 0 Å². The highest BCUT2D eigenvalue weighted by atomic mass is 16.3. The molecule has 0 aliphatic heterocycles. The van der Waals surface area contributed by atoms with E-state index in [0.717, 1.165) is 60.9 Å². The standard InChI is InChI=1S/C44H27NO2/c1-2-8-28(9-3-1)31-17-16-29-14-15-30-18-19-32(25-40(30)39(29)24-31)45(33-20-22-37-35-10-4-6-12-41(35)46-43(37)26-33)34-21-23-38-36-11-5-7-13-42(36)47-44(38)27-34/h1-27H. The molecule has 0 atom stereocenters. The molecular weight excluding hydrogens is 574 g/mol. The Labute approximate surface area is 270 Å². The molecule has 0 bridgehead atoms. The fraction of sp³-hybridized carbons (Fsp3) is 0. The fourth-order valence-electron chi connectivity index (χ4n) is 7.14. The molecule has 0 radical (unpaired) electrons. The van der Waals surface area contributed by atoms with Gasteiger partial charge in [-0.3, -0.25) is 0 Å². The number of benzene rings is 8. The zero-order chi connectivity index (χ0) is 30.9. The lowest BCUT2D eigenvalue weighted by Crippen LogP contribution is -2.09. The number of anilines is 3. The number of hydrogen-bond donors (Lipinski definition) is 0. The number of rotatable bonds is 4. The van der Waals surface area contributed by atoms with Crippen LogP contribution in [0.4, 0.5) is 17.1 Å². The first-order valence-corrected chi connectivity index (χ1v) is 15.9. The lowest BCUT2D eigenvalue weighted by molar-refractivity contribution is 0.669. The second-order valence-corrected chi connectivity index (χ2v) is 12.2. The predicted octanol–water partition coefficient (Wildman–Crippen LogP) is 12.9.